The third kappa shape index (κ3) is 3.16. The molecule has 3 aliphatic carbocycles. The monoisotopic (exact) mass is 354 g/mol. The van der Waals surface area contributed by atoms with Crippen molar-refractivity contribution in [3.63, 3.8) is 0 Å². The first-order valence-corrected chi connectivity index (χ1v) is 11.3. The first-order valence-electron chi connectivity index (χ1n) is 11.3. The van der Waals surface area contributed by atoms with Crippen LogP contribution in [0.4, 0.5) is 0 Å². The molecule has 0 N–H and O–H groups in total. The van der Waals surface area contributed by atoms with Gasteiger partial charge in [0.25, 0.3) is 0 Å². The Morgan fingerprint density at radius 3 is 2.54 bits per heavy atom. The maximum absolute atomic E-state index is 4.23. The van der Waals surface area contributed by atoms with E-state index in [0.29, 0.717) is 10.8 Å². The van der Waals surface area contributed by atoms with E-state index in [-0.39, 0.29) is 5.41 Å². The number of allylic oxidation sites excluding steroid dienone is 5. The molecule has 0 aromatic heterocycles. The Hall–Kier alpha value is -0.780. The largest absolute Gasteiger partial charge is 0.0961 e. The molecule has 0 amide bonds. The number of rotatable bonds is 4. The number of hydrogen-bond donors (Lipinski definition) is 0. The molecule has 26 heavy (non-hydrogen) atoms. The van der Waals surface area contributed by atoms with Gasteiger partial charge >= 0.3 is 0 Å². The molecule has 3 rings (SSSR count). The lowest BCUT2D eigenvalue weighted by molar-refractivity contribution is 0.00278. The summed E-state index contributed by atoms with van der Waals surface area (Å²) < 4.78 is 0. The summed E-state index contributed by atoms with van der Waals surface area (Å²) in [6, 6.07) is 0. The summed E-state index contributed by atoms with van der Waals surface area (Å²) in [7, 11) is 0. The Labute approximate surface area is 163 Å². The second-order valence-corrected chi connectivity index (χ2v) is 10.7. The lowest BCUT2D eigenvalue weighted by Crippen LogP contribution is -2.49. The molecule has 0 radical (unpaired) electrons. The van der Waals surface area contributed by atoms with Crippen molar-refractivity contribution < 1.29 is 0 Å². The van der Waals surface area contributed by atoms with E-state index in [2.05, 4.69) is 60.3 Å². The maximum atomic E-state index is 4.23. The van der Waals surface area contributed by atoms with Crippen LogP contribution in [0.15, 0.2) is 35.5 Å². The molecule has 5 unspecified atom stereocenters. The molecule has 0 aliphatic heterocycles. The molecule has 3 aliphatic rings. The minimum Gasteiger partial charge on any atom is -0.0961 e. The molecule has 2 fully saturated rings. The van der Waals surface area contributed by atoms with Crippen LogP contribution in [0.1, 0.15) is 99.3 Å². The summed E-state index contributed by atoms with van der Waals surface area (Å²) in [6.45, 7) is 18.9. The molecule has 0 bridgehead atoms. The Kier molecular flexibility index (Phi) is 5.37. The third-order valence-electron chi connectivity index (χ3n) is 8.52. The zero-order chi connectivity index (χ0) is 19.2. The normalized spacial score (nSPS) is 44.2. The summed E-state index contributed by atoms with van der Waals surface area (Å²) in [6.07, 6.45) is 17.4. The summed E-state index contributed by atoms with van der Waals surface area (Å²) >= 11 is 0. The van der Waals surface area contributed by atoms with Gasteiger partial charge in [0.1, 0.15) is 0 Å². The van der Waals surface area contributed by atoms with Gasteiger partial charge in [-0.3, -0.25) is 0 Å². The van der Waals surface area contributed by atoms with E-state index in [0.717, 1.165) is 11.8 Å². The Morgan fingerprint density at radius 1 is 1.19 bits per heavy atom. The van der Waals surface area contributed by atoms with E-state index in [1.807, 2.05) is 0 Å². The number of fused-ring (bicyclic) bond motifs is 3. The third-order valence-corrected chi connectivity index (χ3v) is 8.52. The zero-order valence-electron chi connectivity index (χ0n) is 18.4. The van der Waals surface area contributed by atoms with Crippen LogP contribution >= 0.6 is 0 Å². The van der Waals surface area contributed by atoms with Gasteiger partial charge in [-0.15, -0.1) is 0 Å². The molecule has 0 aromatic rings. The van der Waals surface area contributed by atoms with Crippen molar-refractivity contribution in [2.45, 2.75) is 99.3 Å². The van der Waals surface area contributed by atoms with Gasteiger partial charge in [0.05, 0.1) is 0 Å². The predicted molar refractivity (Wildman–Crippen MR) is 115 cm³/mol. The van der Waals surface area contributed by atoms with Crippen molar-refractivity contribution in [1.29, 1.82) is 0 Å². The first-order chi connectivity index (χ1) is 12.2. The van der Waals surface area contributed by atoms with E-state index in [1.54, 1.807) is 11.1 Å². The Morgan fingerprint density at radius 2 is 1.92 bits per heavy atom. The van der Waals surface area contributed by atoms with Crippen molar-refractivity contribution in [2.24, 2.45) is 28.1 Å². The summed E-state index contributed by atoms with van der Waals surface area (Å²) in [5, 5.41) is 0. The average Bonchev–Trinajstić information content (AvgIpc) is 2.57. The van der Waals surface area contributed by atoms with Crippen LogP contribution in [0.5, 0.6) is 0 Å². The molecule has 146 valence electrons. The van der Waals surface area contributed by atoms with Gasteiger partial charge in [0.15, 0.2) is 0 Å². The second-order valence-electron chi connectivity index (χ2n) is 10.7. The summed E-state index contributed by atoms with van der Waals surface area (Å²) in [5.41, 5.74) is 6.02. The van der Waals surface area contributed by atoms with Gasteiger partial charge in [-0.25, -0.2) is 0 Å². The zero-order valence-corrected chi connectivity index (χ0v) is 18.4. The van der Waals surface area contributed by atoms with E-state index < -0.39 is 0 Å². The molecule has 2 saturated carbocycles. The van der Waals surface area contributed by atoms with E-state index in [1.165, 1.54) is 63.4 Å². The smallest absolute Gasteiger partial charge is 0.0104 e. The molecule has 5 atom stereocenters. The fourth-order valence-corrected chi connectivity index (χ4v) is 7.05. The van der Waals surface area contributed by atoms with Crippen LogP contribution in [-0.4, -0.2) is 0 Å². The van der Waals surface area contributed by atoms with Crippen LogP contribution < -0.4 is 0 Å². The molecule has 0 nitrogen and oxygen atoms in total. The highest BCUT2D eigenvalue weighted by atomic mass is 14.6. The van der Waals surface area contributed by atoms with Gasteiger partial charge in [0, 0.05) is 5.41 Å². The quantitative estimate of drug-likeness (QED) is 0.446. The average molecular weight is 355 g/mol. The van der Waals surface area contributed by atoms with Gasteiger partial charge in [0.2, 0.25) is 0 Å². The minimum absolute atomic E-state index is 0.279. The van der Waals surface area contributed by atoms with Crippen molar-refractivity contribution in [3.8, 4) is 0 Å². The summed E-state index contributed by atoms with van der Waals surface area (Å²) in [4.78, 5) is 0. The molecule has 0 heteroatoms. The lowest BCUT2D eigenvalue weighted by atomic mass is 9.44. The van der Waals surface area contributed by atoms with Crippen molar-refractivity contribution in [1.82, 2.24) is 0 Å². The van der Waals surface area contributed by atoms with Gasteiger partial charge in [-0.2, -0.15) is 0 Å². The molecule has 0 aromatic carbocycles. The van der Waals surface area contributed by atoms with E-state index in [9.17, 15) is 0 Å². The van der Waals surface area contributed by atoms with Crippen LogP contribution in [0, 0.1) is 28.1 Å². The first kappa shape index (κ1) is 20.0. The minimum atomic E-state index is 0.279. The molecular formula is C26H42. The fourth-order valence-electron chi connectivity index (χ4n) is 7.05. The molecule has 0 heterocycles. The van der Waals surface area contributed by atoms with Crippen LogP contribution in [0.25, 0.3) is 0 Å². The van der Waals surface area contributed by atoms with Gasteiger partial charge in [-0.05, 0) is 81.0 Å². The highest BCUT2D eigenvalue weighted by molar-refractivity contribution is 5.43. The van der Waals surface area contributed by atoms with Crippen molar-refractivity contribution >= 4 is 0 Å². The van der Waals surface area contributed by atoms with Gasteiger partial charge < -0.3 is 0 Å². The Bertz CT molecular complexity index is 620. The van der Waals surface area contributed by atoms with E-state index in [4.69, 9.17) is 0 Å². The highest BCUT2D eigenvalue weighted by Crippen LogP contribution is 2.66. The Balaban J connectivity index is 1.99. The van der Waals surface area contributed by atoms with Crippen LogP contribution in [0.2, 0.25) is 0 Å². The van der Waals surface area contributed by atoms with Crippen LogP contribution in [-0.2, 0) is 0 Å². The molecule has 0 saturated heterocycles. The topological polar surface area (TPSA) is 0 Å². The van der Waals surface area contributed by atoms with E-state index >= 15 is 0 Å². The second kappa shape index (κ2) is 6.99. The lowest BCUT2D eigenvalue weighted by Gasteiger charge is -2.60. The highest BCUT2D eigenvalue weighted by Gasteiger charge is 2.55. The maximum Gasteiger partial charge on any atom is 0.0104 e. The standard InChI is InChI=1S/C26H42/c1-8-13-24(5)15-16-25(6)21(18-24)12-14-26(7)22(17-19(3)4)20(9-2)10-11-23(25)26/h11,17,20-21H,3,8-10,12-16,18H2,1-2,4-7H3/b22-17+. The van der Waals surface area contributed by atoms with Crippen LogP contribution in [0.3, 0.4) is 0 Å². The number of hydrogen-bond acceptors (Lipinski definition) is 0. The summed E-state index contributed by atoms with van der Waals surface area (Å²) in [5.74, 6) is 1.60. The van der Waals surface area contributed by atoms with Gasteiger partial charge in [-0.1, -0.05) is 76.5 Å². The molecular weight excluding hydrogens is 312 g/mol. The SMILES string of the molecule is C=C(C)/C=C1\C(CC)CC=C2C1(C)CCC1CC(C)(CCC)CCC21C. The predicted octanol–water partition coefficient (Wildman–Crippen LogP) is 8.26. The van der Waals surface area contributed by atoms with Crippen molar-refractivity contribution in [2.75, 3.05) is 0 Å². The fraction of sp³-hybridized carbons (Fsp3) is 0.769. The van der Waals surface area contributed by atoms with Crippen molar-refractivity contribution in [3.05, 3.63) is 35.5 Å². The molecule has 0 spiro atoms.